The highest BCUT2D eigenvalue weighted by Gasteiger charge is 2.19. The van der Waals surface area contributed by atoms with Gasteiger partial charge in [0, 0.05) is 18.7 Å². The predicted octanol–water partition coefficient (Wildman–Crippen LogP) is 2.74. The minimum absolute atomic E-state index is 0.0118. The molecule has 1 heterocycles. The second-order valence-electron chi connectivity index (χ2n) is 6.78. The van der Waals surface area contributed by atoms with Crippen LogP contribution in [0.2, 0.25) is 0 Å². The molecule has 0 saturated carbocycles. The standard InChI is InChI=1S/C22H21N3O3/c26-21(23-13-17-8-5-11-28-17)22(27)25-24-14-20-18-9-3-1-6-15(18)12-16-7-2-4-10-19(16)20/h1-4,6-7,9-10,12,14,17H,5,8,11,13H2,(H,23,26)(H,25,27)/b24-14-/t17-/m0/s1. The van der Waals surface area contributed by atoms with Crippen molar-refractivity contribution in [3.63, 3.8) is 0 Å². The van der Waals surface area contributed by atoms with Crippen LogP contribution in [-0.2, 0) is 14.3 Å². The molecule has 0 spiro atoms. The van der Waals surface area contributed by atoms with Gasteiger partial charge in [-0.2, -0.15) is 5.10 Å². The third-order valence-electron chi connectivity index (χ3n) is 4.89. The van der Waals surface area contributed by atoms with E-state index in [4.69, 9.17) is 4.74 Å². The van der Waals surface area contributed by atoms with Crippen LogP contribution in [0.4, 0.5) is 0 Å². The average molecular weight is 375 g/mol. The van der Waals surface area contributed by atoms with Crippen molar-refractivity contribution < 1.29 is 14.3 Å². The van der Waals surface area contributed by atoms with E-state index in [0.717, 1.165) is 39.9 Å². The molecular weight excluding hydrogens is 354 g/mol. The lowest BCUT2D eigenvalue weighted by Gasteiger charge is -2.10. The largest absolute Gasteiger partial charge is 0.376 e. The Bertz CT molecular complexity index is 1000. The molecule has 6 nitrogen and oxygen atoms in total. The molecule has 1 aliphatic rings. The molecule has 1 atom stereocenters. The lowest BCUT2D eigenvalue weighted by Crippen LogP contribution is -2.41. The average Bonchev–Trinajstić information content (AvgIpc) is 3.25. The fourth-order valence-electron chi connectivity index (χ4n) is 3.49. The third kappa shape index (κ3) is 3.87. The van der Waals surface area contributed by atoms with Crippen LogP contribution in [0.25, 0.3) is 21.5 Å². The minimum atomic E-state index is -0.793. The molecule has 3 aromatic carbocycles. The molecule has 3 aromatic rings. The van der Waals surface area contributed by atoms with Gasteiger partial charge in [-0.1, -0.05) is 48.5 Å². The summed E-state index contributed by atoms with van der Waals surface area (Å²) in [5, 5.41) is 10.8. The second kappa shape index (κ2) is 8.19. The Labute approximate surface area is 162 Å². The molecule has 0 aliphatic carbocycles. The normalized spacial score (nSPS) is 16.6. The maximum Gasteiger partial charge on any atom is 0.329 e. The van der Waals surface area contributed by atoms with E-state index >= 15 is 0 Å². The SMILES string of the molecule is O=C(NC[C@@H]1CCCO1)C(=O)N/N=C\c1c2ccccc2cc2ccccc12. The molecule has 4 rings (SSSR count). The number of nitrogens with one attached hydrogen (secondary N) is 2. The number of fused-ring (bicyclic) bond motifs is 2. The molecule has 1 aliphatic heterocycles. The van der Waals surface area contributed by atoms with Crippen LogP contribution in [-0.4, -0.2) is 37.3 Å². The number of benzene rings is 3. The molecule has 28 heavy (non-hydrogen) atoms. The van der Waals surface area contributed by atoms with E-state index in [-0.39, 0.29) is 6.10 Å². The van der Waals surface area contributed by atoms with E-state index in [0.29, 0.717) is 13.2 Å². The maximum absolute atomic E-state index is 12.0. The summed E-state index contributed by atoms with van der Waals surface area (Å²) in [5.74, 6) is -1.51. The van der Waals surface area contributed by atoms with Gasteiger partial charge >= 0.3 is 11.8 Å². The molecule has 0 radical (unpaired) electrons. The van der Waals surface area contributed by atoms with Crippen LogP contribution in [0.1, 0.15) is 18.4 Å². The summed E-state index contributed by atoms with van der Waals surface area (Å²) in [6.45, 7) is 1.04. The first kappa shape index (κ1) is 18.1. The van der Waals surface area contributed by atoms with Crippen LogP contribution in [0.3, 0.4) is 0 Å². The van der Waals surface area contributed by atoms with Crippen molar-refractivity contribution in [2.75, 3.05) is 13.2 Å². The van der Waals surface area contributed by atoms with Crippen molar-refractivity contribution >= 4 is 39.6 Å². The van der Waals surface area contributed by atoms with E-state index in [1.54, 1.807) is 6.21 Å². The van der Waals surface area contributed by atoms with Gasteiger partial charge in [0.25, 0.3) is 0 Å². The number of rotatable bonds is 4. The summed E-state index contributed by atoms with van der Waals surface area (Å²) >= 11 is 0. The van der Waals surface area contributed by atoms with Crippen molar-refractivity contribution in [1.82, 2.24) is 10.7 Å². The molecule has 6 heteroatoms. The number of hydrogen-bond donors (Lipinski definition) is 2. The van der Waals surface area contributed by atoms with Gasteiger partial charge < -0.3 is 10.1 Å². The van der Waals surface area contributed by atoms with Crippen molar-refractivity contribution in [2.45, 2.75) is 18.9 Å². The summed E-state index contributed by atoms with van der Waals surface area (Å²) in [5.41, 5.74) is 3.21. The number of hydrogen-bond acceptors (Lipinski definition) is 4. The smallest absolute Gasteiger partial charge is 0.329 e. The Morgan fingerprint density at radius 2 is 1.71 bits per heavy atom. The van der Waals surface area contributed by atoms with Crippen LogP contribution >= 0.6 is 0 Å². The summed E-state index contributed by atoms with van der Waals surface area (Å²) in [7, 11) is 0. The summed E-state index contributed by atoms with van der Waals surface area (Å²) < 4.78 is 5.43. The Morgan fingerprint density at radius 1 is 1.04 bits per heavy atom. The van der Waals surface area contributed by atoms with Crippen molar-refractivity contribution in [2.24, 2.45) is 5.10 Å². The fraction of sp³-hybridized carbons (Fsp3) is 0.227. The van der Waals surface area contributed by atoms with Crippen LogP contribution in [0, 0.1) is 0 Å². The van der Waals surface area contributed by atoms with Crippen molar-refractivity contribution in [1.29, 1.82) is 0 Å². The van der Waals surface area contributed by atoms with E-state index < -0.39 is 11.8 Å². The number of amides is 2. The fourth-order valence-corrected chi connectivity index (χ4v) is 3.49. The van der Waals surface area contributed by atoms with E-state index in [2.05, 4.69) is 21.9 Å². The molecule has 0 unspecified atom stereocenters. The summed E-state index contributed by atoms with van der Waals surface area (Å²) in [6, 6.07) is 18.1. The molecule has 142 valence electrons. The van der Waals surface area contributed by atoms with Gasteiger partial charge in [-0.25, -0.2) is 5.43 Å². The first-order valence-corrected chi connectivity index (χ1v) is 9.36. The Morgan fingerprint density at radius 3 is 2.36 bits per heavy atom. The molecular formula is C22H21N3O3. The Hall–Kier alpha value is -3.25. The molecule has 1 saturated heterocycles. The minimum Gasteiger partial charge on any atom is -0.376 e. The molecule has 1 fully saturated rings. The lowest BCUT2D eigenvalue weighted by atomic mass is 9.97. The topological polar surface area (TPSA) is 79.8 Å². The lowest BCUT2D eigenvalue weighted by molar-refractivity contribution is -0.139. The zero-order chi connectivity index (χ0) is 19.3. The highest BCUT2D eigenvalue weighted by Crippen LogP contribution is 2.27. The van der Waals surface area contributed by atoms with E-state index in [1.165, 1.54) is 0 Å². The first-order valence-electron chi connectivity index (χ1n) is 9.36. The molecule has 0 aromatic heterocycles. The van der Waals surface area contributed by atoms with Crippen molar-refractivity contribution in [3.8, 4) is 0 Å². The second-order valence-corrected chi connectivity index (χ2v) is 6.78. The summed E-state index contributed by atoms with van der Waals surface area (Å²) in [6.07, 6.45) is 3.46. The van der Waals surface area contributed by atoms with Gasteiger partial charge in [-0.05, 0) is 40.5 Å². The zero-order valence-electron chi connectivity index (χ0n) is 15.4. The summed E-state index contributed by atoms with van der Waals surface area (Å²) in [4.78, 5) is 23.9. The van der Waals surface area contributed by atoms with Gasteiger partial charge in [0.1, 0.15) is 0 Å². The number of carbonyl (C=O) groups excluding carboxylic acids is 2. The van der Waals surface area contributed by atoms with Gasteiger partial charge in [-0.3, -0.25) is 9.59 Å². The highest BCUT2D eigenvalue weighted by molar-refractivity contribution is 6.35. The van der Waals surface area contributed by atoms with Gasteiger partial charge in [0.2, 0.25) is 0 Å². The maximum atomic E-state index is 12.0. The van der Waals surface area contributed by atoms with Crippen LogP contribution in [0.5, 0.6) is 0 Å². The highest BCUT2D eigenvalue weighted by atomic mass is 16.5. The third-order valence-corrected chi connectivity index (χ3v) is 4.89. The number of nitrogens with zero attached hydrogens (tertiary/aromatic N) is 1. The molecule has 0 bridgehead atoms. The number of hydrazone groups is 1. The predicted molar refractivity (Wildman–Crippen MR) is 109 cm³/mol. The monoisotopic (exact) mass is 375 g/mol. The van der Waals surface area contributed by atoms with Crippen LogP contribution in [0.15, 0.2) is 59.7 Å². The van der Waals surface area contributed by atoms with Gasteiger partial charge in [0.05, 0.1) is 12.3 Å². The van der Waals surface area contributed by atoms with Gasteiger partial charge in [0.15, 0.2) is 0 Å². The number of ether oxygens (including phenoxy) is 1. The Balaban J connectivity index is 1.49. The van der Waals surface area contributed by atoms with E-state index in [1.807, 2.05) is 48.5 Å². The zero-order valence-corrected chi connectivity index (χ0v) is 15.4. The quantitative estimate of drug-likeness (QED) is 0.318. The van der Waals surface area contributed by atoms with Crippen LogP contribution < -0.4 is 10.7 Å². The Kier molecular flexibility index (Phi) is 5.30. The first-order chi connectivity index (χ1) is 13.7. The molecule has 2 amide bonds. The van der Waals surface area contributed by atoms with Gasteiger partial charge in [-0.15, -0.1) is 0 Å². The van der Waals surface area contributed by atoms with E-state index in [9.17, 15) is 9.59 Å². The molecule has 2 N–H and O–H groups in total. The number of carbonyl (C=O) groups is 2. The van der Waals surface area contributed by atoms with Crippen molar-refractivity contribution in [3.05, 3.63) is 60.2 Å².